The molecule has 0 aliphatic rings. The van der Waals surface area contributed by atoms with Gasteiger partial charge in [0.05, 0.1) is 0 Å². The molecular formula is C17H33F3N3O3P. The van der Waals surface area contributed by atoms with Crippen LogP contribution in [0.4, 0.5) is 13.2 Å². The van der Waals surface area contributed by atoms with E-state index in [0.717, 1.165) is 0 Å². The van der Waals surface area contributed by atoms with Gasteiger partial charge in [-0.2, -0.15) is 0 Å². The summed E-state index contributed by atoms with van der Waals surface area (Å²) in [7, 11) is -3.21. The topological polar surface area (TPSA) is 85.6 Å². The molecule has 2 N–H and O–H groups in total. The number of nitrogens with one attached hydrogen (secondary N) is 1. The second-order valence-corrected chi connectivity index (χ2v) is 9.80. The zero-order valence-electron chi connectivity index (χ0n) is 16.6. The van der Waals surface area contributed by atoms with Gasteiger partial charge in [0.1, 0.15) is 0 Å². The number of nitrogens with zero attached hydrogens (tertiary/aromatic N) is 2. The van der Waals surface area contributed by atoms with Crippen LogP contribution in [0.25, 0.3) is 0 Å². The first kappa shape index (κ1) is 26.1. The molecule has 0 aromatic rings. The van der Waals surface area contributed by atoms with Crippen molar-refractivity contribution in [1.29, 1.82) is 5.26 Å². The predicted octanol–water partition coefficient (Wildman–Crippen LogP) is 3.76. The summed E-state index contributed by atoms with van der Waals surface area (Å²) < 4.78 is 43.9. The molecule has 0 heterocycles. The van der Waals surface area contributed by atoms with Gasteiger partial charge >= 0.3 is 160 Å². The van der Waals surface area contributed by atoms with Gasteiger partial charge in [-0.3, -0.25) is 0 Å². The van der Waals surface area contributed by atoms with Gasteiger partial charge in [-0.15, -0.1) is 0 Å². The summed E-state index contributed by atoms with van der Waals surface area (Å²) in [5.74, 6) is -1.91. The van der Waals surface area contributed by atoms with E-state index in [1.165, 1.54) is 0 Å². The average molecular weight is 415 g/mol. The summed E-state index contributed by atoms with van der Waals surface area (Å²) in [4.78, 5) is 21.7. The van der Waals surface area contributed by atoms with Crippen molar-refractivity contribution >= 4 is 13.8 Å². The Labute approximate surface area is 160 Å². The van der Waals surface area contributed by atoms with Crippen LogP contribution in [0, 0.1) is 11.3 Å². The average Bonchev–Trinajstić information content (AvgIpc) is 2.53. The van der Waals surface area contributed by atoms with Crippen LogP contribution in [-0.4, -0.2) is 53.0 Å². The fraction of sp³-hybridized carbons (Fsp3) is 0.882. The van der Waals surface area contributed by atoms with E-state index in [1.54, 1.807) is 0 Å². The molecule has 160 valence electrons. The number of carbonyl (C=O) groups is 1. The summed E-state index contributed by atoms with van der Waals surface area (Å²) in [6.07, 6.45) is -1.85. The number of halogens is 3. The fourth-order valence-corrected chi connectivity index (χ4v) is 6.09. The Bertz CT molecular complexity index is 476. The molecule has 0 saturated carbocycles. The van der Waals surface area contributed by atoms with Gasteiger partial charge in [-0.05, 0) is 0 Å². The molecule has 0 radical (unpaired) electrons. The second-order valence-electron chi connectivity index (χ2n) is 7.01. The van der Waals surface area contributed by atoms with E-state index in [-0.39, 0.29) is 25.0 Å². The first-order chi connectivity index (χ1) is 12.5. The Balaban J connectivity index is 4.28. The Morgan fingerprint density at radius 1 is 1.19 bits per heavy atom. The van der Waals surface area contributed by atoms with Crippen molar-refractivity contribution in [2.75, 3.05) is 19.3 Å². The second kappa shape index (κ2) is 12.5. The molecule has 27 heavy (non-hydrogen) atoms. The molecule has 0 spiro atoms. The van der Waals surface area contributed by atoms with Crippen LogP contribution in [0.1, 0.15) is 59.8 Å². The van der Waals surface area contributed by atoms with Crippen molar-refractivity contribution in [2.45, 2.75) is 78.1 Å². The van der Waals surface area contributed by atoms with Gasteiger partial charge < -0.3 is 0 Å². The van der Waals surface area contributed by atoms with Crippen LogP contribution in [0.3, 0.4) is 0 Å². The van der Waals surface area contributed by atoms with Crippen LogP contribution < -0.4 is 5.32 Å². The van der Waals surface area contributed by atoms with Crippen LogP contribution in [0.5, 0.6) is 0 Å². The standard InChI is InChI=1S/C17H33F3N3O3P/c1-14(2)23(15(3)4)27(25,13-9-10-21)26-12-8-6-5-7-11-22-16(24)17(18,19)20/h14-15,25,27H,5-9,11-13H2,1-4H3,(H,22,24). The van der Waals surface area contributed by atoms with E-state index in [9.17, 15) is 22.9 Å². The van der Waals surface area contributed by atoms with Gasteiger partial charge in [-0.25, -0.2) is 0 Å². The molecule has 0 aromatic carbocycles. The van der Waals surface area contributed by atoms with E-state index >= 15 is 0 Å². The zero-order valence-corrected chi connectivity index (χ0v) is 17.6. The first-order valence-corrected chi connectivity index (χ1v) is 11.3. The number of carbonyl (C=O) groups excluding carboxylic acids is 1. The summed E-state index contributed by atoms with van der Waals surface area (Å²) in [6.45, 7) is 8.21. The Hall–Kier alpha value is -0.940. The van der Waals surface area contributed by atoms with Crippen LogP contribution in [0.15, 0.2) is 0 Å². The Morgan fingerprint density at radius 3 is 2.22 bits per heavy atom. The molecule has 6 nitrogen and oxygen atoms in total. The normalized spacial score (nSPS) is 13.3. The van der Waals surface area contributed by atoms with E-state index in [1.807, 2.05) is 37.7 Å². The molecule has 0 aliphatic carbocycles. The summed E-state index contributed by atoms with van der Waals surface area (Å²) >= 11 is 0. The van der Waals surface area contributed by atoms with Crippen LogP contribution >= 0.6 is 7.87 Å². The molecule has 0 atom stereocenters. The minimum atomic E-state index is -4.84. The van der Waals surface area contributed by atoms with Crippen molar-refractivity contribution in [3.8, 4) is 6.07 Å². The van der Waals surface area contributed by atoms with Crippen molar-refractivity contribution in [3.05, 3.63) is 0 Å². The van der Waals surface area contributed by atoms with Gasteiger partial charge in [-0.1, -0.05) is 0 Å². The van der Waals surface area contributed by atoms with Crippen molar-refractivity contribution in [2.24, 2.45) is 0 Å². The van der Waals surface area contributed by atoms with E-state index in [2.05, 4.69) is 6.07 Å². The molecule has 0 bridgehead atoms. The number of nitriles is 1. The van der Waals surface area contributed by atoms with Gasteiger partial charge in [0.2, 0.25) is 0 Å². The third kappa shape index (κ3) is 10.2. The number of alkyl halides is 3. The monoisotopic (exact) mass is 415 g/mol. The predicted molar refractivity (Wildman–Crippen MR) is 101 cm³/mol. The molecule has 10 heteroatoms. The SMILES string of the molecule is CC(C)N(C(C)C)[PH](O)(CCC#N)OCCCCCCNC(=O)C(F)(F)F. The molecule has 0 fully saturated rings. The quantitative estimate of drug-likeness (QED) is 0.353. The minimum absolute atomic E-state index is 0.0193. The van der Waals surface area contributed by atoms with Gasteiger partial charge in [0, 0.05) is 0 Å². The first-order valence-electron chi connectivity index (χ1n) is 9.32. The molecule has 0 aromatic heterocycles. The Kier molecular flexibility index (Phi) is 12.1. The molecule has 0 rings (SSSR count). The number of hydrogen-bond acceptors (Lipinski definition) is 5. The molecule has 0 aliphatic heterocycles. The summed E-state index contributed by atoms with van der Waals surface area (Å²) in [5.41, 5.74) is 0. The van der Waals surface area contributed by atoms with E-state index < -0.39 is 20.0 Å². The van der Waals surface area contributed by atoms with Crippen molar-refractivity contribution < 1.29 is 27.4 Å². The van der Waals surface area contributed by atoms with Gasteiger partial charge in [0.25, 0.3) is 0 Å². The van der Waals surface area contributed by atoms with Crippen molar-refractivity contribution in [1.82, 2.24) is 9.99 Å². The zero-order chi connectivity index (χ0) is 21.1. The maximum atomic E-state index is 12.0. The van der Waals surface area contributed by atoms with Gasteiger partial charge in [0.15, 0.2) is 0 Å². The van der Waals surface area contributed by atoms with E-state index in [0.29, 0.717) is 38.5 Å². The van der Waals surface area contributed by atoms with E-state index in [4.69, 9.17) is 9.79 Å². The third-order valence-corrected chi connectivity index (χ3v) is 7.43. The summed E-state index contributed by atoms with van der Waals surface area (Å²) in [6, 6.07) is 2.22. The number of unbranched alkanes of at least 4 members (excludes halogenated alkanes) is 3. The molecule has 0 unspecified atom stereocenters. The van der Waals surface area contributed by atoms with Crippen LogP contribution in [-0.2, 0) is 9.32 Å². The summed E-state index contributed by atoms with van der Waals surface area (Å²) in [5, 5.41) is 10.7. The third-order valence-electron chi connectivity index (χ3n) is 4.03. The molecular weight excluding hydrogens is 382 g/mol. The van der Waals surface area contributed by atoms with Crippen molar-refractivity contribution in [3.63, 3.8) is 0 Å². The number of amides is 1. The molecule has 1 amide bonds. The maximum absolute atomic E-state index is 12.0. The Morgan fingerprint density at radius 2 is 1.74 bits per heavy atom. The number of hydrogen-bond donors (Lipinski definition) is 2. The van der Waals surface area contributed by atoms with Crippen LogP contribution in [0.2, 0.25) is 0 Å². The number of rotatable bonds is 13. The fourth-order valence-electron chi connectivity index (χ4n) is 3.02. The molecule has 0 saturated heterocycles.